The molecule has 2 aromatic carbocycles. The number of amides is 1. The lowest BCUT2D eigenvalue weighted by Gasteiger charge is -2.35. The van der Waals surface area contributed by atoms with Crippen molar-refractivity contribution < 1.29 is 23.1 Å². The van der Waals surface area contributed by atoms with Crippen LogP contribution in [0.3, 0.4) is 0 Å². The second-order valence-electron chi connectivity index (χ2n) is 8.36. The number of hydrogen-bond donors (Lipinski definition) is 3. The third-order valence-corrected chi connectivity index (χ3v) is 7.12. The number of aromatic nitrogens is 2. The van der Waals surface area contributed by atoms with E-state index in [1.807, 2.05) is 54.6 Å². The molecule has 0 spiro atoms. The minimum Gasteiger partial charge on any atom is -0.394 e. The van der Waals surface area contributed by atoms with Gasteiger partial charge >= 0.3 is 0 Å². The van der Waals surface area contributed by atoms with Gasteiger partial charge in [0.1, 0.15) is 0 Å². The van der Waals surface area contributed by atoms with Crippen molar-refractivity contribution in [1.82, 2.24) is 14.3 Å². The molecule has 1 fully saturated rings. The van der Waals surface area contributed by atoms with E-state index in [1.54, 1.807) is 11.6 Å². The highest BCUT2D eigenvalue weighted by Gasteiger charge is 2.35. The molecule has 34 heavy (non-hydrogen) atoms. The molecule has 1 aromatic heterocycles. The summed E-state index contributed by atoms with van der Waals surface area (Å²) in [4.78, 5) is 16.4. The van der Waals surface area contributed by atoms with E-state index >= 15 is 0 Å². The monoisotopic (exact) mass is 484 g/mol. The summed E-state index contributed by atoms with van der Waals surface area (Å²) in [6, 6.07) is 16.9. The number of imidazole rings is 1. The van der Waals surface area contributed by atoms with Crippen LogP contribution in [0.25, 0.3) is 11.1 Å². The first-order chi connectivity index (χ1) is 16.3. The van der Waals surface area contributed by atoms with Crippen LogP contribution < -0.4 is 10.0 Å². The molecule has 1 aliphatic heterocycles. The van der Waals surface area contributed by atoms with Crippen molar-refractivity contribution in [2.24, 2.45) is 7.05 Å². The van der Waals surface area contributed by atoms with Crippen LogP contribution in [0.4, 0.5) is 5.69 Å². The lowest BCUT2D eigenvalue weighted by molar-refractivity contribution is -0.126. The first kappa shape index (κ1) is 24.1. The number of rotatable bonds is 8. The van der Waals surface area contributed by atoms with Crippen LogP contribution in [0.5, 0.6) is 0 Å². The van der Waals surface area contributed by atoms with Crippen LogP contribution in [0.15, 0.2) is 72.1 Å². The number of anilines is 1. The van der Waals surface area contributed by atoms with Crippen molar-refractivity contribution in [1.29, 1.82) is 0 Å². The Labute approximate surface area is 198 Å². The zero-order chi connectivity index (χ0) is 24.1. The van der Waals surface area contributed by atoms with Crippen LogP contribution in [0.1, 0.15) is 19.3 Å². The normalized spacial score (nSPS) is 20.7. The Hall–Kier alpha value is -3.05. The number of nitrogens with one attached hydrogen (secondary N) is 2. The lowest BCUT2D eigenvalue weighted by Crippen LogP contribution is -2.51. The van der Waals surface area contributed by atoms with Crippen LogP contribution in [-0.2, 0) is 26.6 Å². The first-order valence-corrected chi connectivity index (χ1v) is 12.5. The Morgan fingerprint density at radius 2 is 1.82 bits per heavy atom. The van der Waals surface area contributed by atoms with Gasteiger partial charge in [0.15, 0.2) is 5.03 Å². The molecule has 4 rings (SSSR count). The molecule has 3 atom stereocenters. The molecule has 1 aliphatic rings. The third kappa shape index (κ3) is 5.89. The predicted octanol–water partition coefficient (Wildman–Crippen LogP) is 2.30. The summed E-state index contributed by atoms with van der Waals surface area (Å²) in [5.41, 5.74) is 2.83. The fourth-order valence-corrected chi connectivity index (χ4v) is 5.28. The topological polar surface area (TPSA) is 123 Å². The van der Waals surface area contributed by atoms with E-state index in [0.717, 1.165) is 11.1 Å². The second-order valence-corrected chi connectivity index (χ2v) is 10.0. The standard InChI is InChI=1S/C24H28N4O5S/c1-28-14-24(25-16-28)34(31,32)27-21-12-11-20(33-22(21)15-29)13-23(30)26-19-9-7-18(8-10-19)17-5-3-2-4-6-17/h2-10,14,16,20-22,27,29H,11-13,15H2,1H3,(H,26,30)/t20-,21+,22-/m1/s1. The molecule has 3 aromatic rings. The van der Waals surface area contributed by atoms with Gasteiger partial charge < -0.3 is 19.7 Å². The first-order valence-electron chi connectivity index (χ1n) is 11.1. The number of hydrogen-bond acceptors (Lipinski definition) is 6. The maximum atomic E-state index is 12.6. The Kier molecular flexibility index (Phi) is 7.42. The Balaban J connectivity index is 1.31. The van der Waals surface area contributed by atoms with Crippen molar-refractivity contribution >= 4 is 21.6 Å². The maximum Gasteiger partial charge on any atom is 0.259 e. The van der Waals surface area contributed by atoms with E-state index < -0.39 is 28.3 Å². The largest absolute Gasteiger partial charge is 0.394 e. The SMILES string of the molecule is Cn1cnc(S(=O)(=O)N[C@H]2CC[C@H](CC(=O)Nc3ccc(-c4ccccc4)cc3)O[C@@H]2CO)c1. The second kappa shape index (κ2) is 10.5. The van der Waals surface area contributed by atoms with Crippen LogP contribution in [-0.4, -0.2) is 53.8 Å². The van der Waals surface area contributed by atoms with Gasteiger partial charge in [-0.2, -0.15) is 0 Å². The fraction of sp³-hybridized carbons (Fsp3) is 0.333. The maximum absolute atomic E-state index is 12.6. The van der Waals surface area contributed by atoms with Crippen molar-refractivity contribution in [2.45, 2.75) is 42.5 Å². The molecular weight excluding hydrogens is 456 g/mol. The summed E-state index contributed by atoms with van der Waals surface area (Å²) in [5, 5.41) is 12.5. The summed E-state index contributed by atoms with van der Waals surface area (Å²) in [6.45, 7) is -0.367. The quantitative estimate of drug-likeness (QED) is 0.451. The van der Waals surface area contributed by atoms with Crippen LogP contribution in [0.2, 0.25) is 0 Å². The Morgan fingerprint density at radius 3 is 2.47 bits per heavy atom. The number of aryl methyl sites for hydroxylation is 1. The molecule has 1 saturated heterocycles. The van der Waals surface area contributed by atoms with E-state index in [1.165, 1.54) is 12.5 Å². The number of carbonyl (C=O) groups is 1. The Bertz CT molecular complexity index is 1210. The molecule has 0 aliphatic carbocycles. The number of carbonyl (C=O) groups excluding carboxylic acids is 1. The van der Waals surface area contributed by atoms with E-state index in [-0.39, 0.29) is 24.0 Å². The number of aliphatic hydroxyl groups is 1. The smallest absolute Gasteiger partial charge is 0.259 e. The third-order valence-electron chi connectivity index (χ3n) is 5.75. The van der Waals surface area contributed by atoms with Crippen molar-refractivity contribution in [3.63, 3.8) is 0 Å². The highest BCUT2D eigenvalue weighted by Crippen LogP contribution is 2.25. The van der Waals surface area contributed by atoms with E-state index in [4.69, 9.17) is 4.74 Å². The Morgan fingerprint density at radius 1 is 1.12 bits per heavy atom. The van der Waals surface area contributed by atoms with Crippen molar-refractivity contribution in [3.8, 4) is 11.1 Å². The highest BCUT2D eigenvalue weighted by atomic mass is 32.2. The predicted molar refractivity (Wildman–Crippen MR) is 127 cm³/mol. The summed E-state index contributed by atoms with van der Waals surface area (Å²) in [6.07, 6.45) is 2.65. The van der Waals surface area contributed by atoms with Gasteiger partial charge in [-0.25, -0.2) is 18.1 Å². The van der Waals surface area contributed by atoms with Crippen molar-refractivity contribution in [2.75, 3.05) is 11.9 Å². The summed E-state index contributed by atoms with van der Waals surface area (Å²) >= 11 is 0. The summed E-state index contributed by atoms with van der Waals surface area (Å²) in [5.74, 6) is -0.207. The van der Waals surface area contributed by atoms with E-state index in [0.29, 0.717) is 18.5 Å². The minimum absolute atomic E-state index is 0.0912. The molecular formula is C24H28N4O5S. The minimum atomic E-state index is -3.84. The average Bonchev–Trinajstić information content (AvgIpc) is 3.28. The molecule has 0 radical (unpaired) electrons. The molecule has 0 bridgehead atoms. The fourth-order valence-electron chi connectivity index (χ4n) is 4.00. The molecule has 3 N–H and O–H groups in total. The van der Waals surface area contributed by atoms with Crippen LogP contribution >= 0.6 is 0 Å². The van der Waals surface area contributed by atoms with Crippen molar-refractivity contribution in [3.05, 3.63) is 67.1 Å². The molecule has 0 saturated carbocycles. The van der Waals surface area contributed by atoms with Gasteiger partial charge in [0.25, 0.3) is 10.0 Å². The number of sulfonamides is 1. The zero-order valence-electron chi connectivity index (χ0n) is 18.8. The summed E-state index contributed by atoms with van der Waals surface area (Å²) in [7, 11) is -2.16. The molecule has 2 heterocycles. The molecule has 180 valence electrons. The van der Waals surface area contributed by atoms with Crippen LogP contribution in [0, 0.1) is 0 Å². The molecule has 10 heteroatoms. The van der Waals surface area contributed by atoms with Gasteiger partial charge in [-0.05, 0) is 36.1 Å². The van der Waals surface area contributed by atoms with Gasteiger partial charge in [0.2, 0.25) is 5.91 Å². The lowest BCUT2D eigenvalue weighted by atomic mass is 9.98. The van der Waals surface area contributed by atoms with Gasteiger partial charge in [-0.15, -0.1) is 0 Å². The average molecular weight is 485 g/mol. The van der Waals surface area contributed by atoms with Gasteiger partial charge in [0.05, 0.1) is 37.6 Å². The number of benzene rings is 2. The summed E-state index contributed by atoms with van der Waals surface area (Å²) < 4.78 is 35.1. The number of ether oxygens (including phenoxy) is 1. The van der Waals surface area contributed by atoms with Gasteiger partial charge in [-0.3, -0.25) is 4.79 Å². The van der Waals surface area contributed by atoms with Gasteiger partial charge in [0, 0.05) is 18.9 Å². The molecule has 1 amide bonds. The zero-order valence-corrected chi connectivity index (χ0v) is 19.6. The highest BCUT2D eigenvalue weighted by molar-refractivity contribution is 7.89. The van der Waals surface area contributed by atoms with E-state index in [9.17, 15) is 18.3 Å². The molecule has 0 unspecified atom stereocenters. The van der Waals surface area contributed by atoms with Gasteiger partial charge in [-0.1, -0.05) is 42.5 Å². The number of nitrogens with zero attached hydrogens (tertiary/aromatic N) is 2. The van der Waals surface area contributed by atoms with E-state index in [2.05, 4.69) is 15.0 Å². The molecule has 9 nitrogen and oxygen atoms in total. The number of aliphatic hydroxyl groups excluding tert-OH is 1.